The van der Waals surface area contributed by atoms with Crippen molar-refractivity contribution in [3.05, 3.63) is 68.4 Å². The number of Topliss-reactive ketones (excluding diaryl/α,β-unsaturated/α-hetero) is 1. The van der Waals surface area contributed by atoms with Gasteiger partial charge in [0.15, 0.2) is 5.78 Å². The molecular weight excluding hydrogens is 331 g/mol. The van der Waals surface area contributed by atoms with Gasteiger partial charge >= 0.3 is 0 Å². The second-order valence-electron chi connectivity index (χ2n) is 4.30. The minimum Gasteiger partial charge on any atom is -0.294 e. The summed E-state index contributed by atoms with van der Waals surface area (Å²) in [4.78, 5) is 12.1. The van der Waals surface area contributed by atoms with Gasteiger partial charge in [0, 0.05) is 21.5 Å². The van der Waals surface area contributed by atoms with Gasteiger partial charge in [-0.25, -0.2) is 4.39 Å². The van der Waals surface area contributed by atoms with Crippen molar-refractivity contribution in [3.8, 4) is 0 Å². The highest BCUT2D eigenvalue weighted by atomic mass is 79.9. The SMILES string of the molecule is Cc1cc(C(=O)Cc2cc(Cl)ccc2F)ccc1Br. The molecule has 1 nitrogen and oxygen atoms in total. The van der Waals surface area contributed by atoms with Crippen LogP contribution in [0.1, 0.15) is 21.5 Å². The van der Waals surface area contributed by atoms with Crippen LogP contribution in [0, 0.1) is 12.7 Å². The third-order valence-corrected chi connectivity index (χ3v) is 3.96. The van der Waals surface area contributed by atoms with Crippen molar-refractivity contribution in [1.29, 1.82) is 0 Å². The summed E-state index contributed by atoms with van der Waals surface area (Å²) in [6.07, 6.45) is 0.00741. The van der Waals surface area contributed by atoms with Gasteiger partial charge in [0.25, 0.3) is 0 Å². The molecule has 0 aliphatic rings. The Hall–Kier alpha value is -1.19. The second kappa shape index (κ2) is 5.85. The Morgan fingerprint density at radius 2 is 2.00 bits per heavy atom. The first-order valence-electron chi connectivity index (χ1n) is 5.70. The molecule has 0 atom stereocenters. The molecule has 19 heavy (non-hydrogen) atoms. The van der Waals surface area contributed by atoms with Crippen molar-refractivity contribution in [2.24, 2.45) is 0 Å². The largest absolute Gasteiger partial charge is 0.294 e. The fourth-order valence-corrected chi connectivity index (χ4v) is 2.21. The molecule has 2 aromatic rings. The van der Waals surface area contributed by atoms with Crippen LogP contribution in [-0.2, 0) is 6.42 Å². The number of halogens is 3. The van der Waals surface area contributed by atoms with E-state index in [1.807, 2.05) is 13.0 Å². The maximum absolute atomic E-state index is 13.6. The third kappa shape index (κ3) is 3.43. The number of hydrogen-bond donors (Lipinski definition) is 0. The lowest BCUT2D eigenvalue weighted by atomic mass is 10.0. The van der Waals surface area contributed by atoms with Crippen LogP contribution in [-0.4, -0.2) is 5.78 Å². The molecule has 0 fully saturated rings. The molecule has 0 bridgehead atoms. The molecule has 0 aliphatic carbocycles. The van der Waals surface area contributed by atoms with E-state index in [4.69, 9.17) is 11.6 Å². The van der Waals surface area contributed by atoms with Crippen LogP contribution < -0.4 is 0 Å². The van der Waals surface area contributed by atoms with Crippen molar-refractivity contribution in [2.75, 3.05) is 0 Å². The molecule has 98 valence electrons. The molecule has 0 aromatic heterocycles. The molecule has 0 saturated carbocycles. The molecule has 2 rings (SSSR count). The summed E-state index contributed by atoms with van der Waals surface area (Å²) in [5.74, 6) is -0.539. The quantitative estimate of drug-likeness (QED) is 0.720. The predicted octanol–water partition coefficient (Wildman–Crippen LogP) is 4.98. The Labute approximate surface area is 124 Å². The molecule has 0 spiro atoms. The van der Waals surface area contributed by atoms with Crippen LogP contribution in [0.4, 0.5) is 4.39 Å². The predicted molar refractivity (Wildman–Crippen MR) is 78.3 cm³/mol. The zero-order valence-electron chi connectivity index (χ0n) is 10.2. The average Bonchev–Trinajstić information content (AvgIpc) is 2.37. The summed E-state index contributed by atoms with van der Waals surface area (Å²) in [5.41, 5.74) is 1.86. The number of rotatable bonds is 3. The first-order valence-corrected chi connectivity index (χ1v) is 6.88. The normalized spacial score (nSPS) is 10.5. The second-order valence-corrected chi connectivity index (χ2v) is 5.59. The minimum atomic E-state index is -0.411. The zero-order valence-corrected chi connectivity index (χ0v) is 12.6. The molecule has 0 N–H and O–H groups in total. The van der Waals surface area contributed by atoms with E-state index in [1.54, 1.807) is 12.1 Å². The summed E-state index contributed by atoms with van der Waals surface area (Å²) in [6.45, 7) is 1.90. The van der Waals surface area contributed by atoms with Gasteiger partial charge in [0.2, 0.25) is 0 Å². The number of carbonyl (C=O) groups excluding carboxylic acids is 1. The van der Waals surface area contributed by atoms with Crippen molar-refractivity contribution in [2.45, 2.75) is 13.3 Å². The van der Waals surface area contributed by atoms with E-state index in [2.05, 4.69) is 15.9 Å². The monoisotopic (exact) mass is 340 g/mol. The van der Waals surface area contributed by atoms with Crippen LogP contribution in [0.15, 0.2) is 40.9 Å². The van der Waals surface area contributed by atoms with Gasteiger partial charge in [0.1, 0.15) is 5.82 Å². The highest BCUT2D eigenvalue weighted by Gasteiger charge is 2.12. The fraction of sp³-hybridized carbons (Fsp3) is 0.133. The molecule has 0 unspecified atom stereocenters. The van der Waals surface area contributed by atoms with E-state index >= 15 is 0 Å². The minimum absolute atomic E-state index is 0.00741. The van der Waals surface area contributed by atoms with E-state index < -0.39 is 5.82 Å². The average molecular weight is 342 g/mol. The van der Waals surface area contributed by atoms with Gasteiger partial charge in [0.05, 0.1) is 0 Å². The van der Waals surface area contributed by atoms with Gasteiger partial charge in [-0.1, -0.05) is 33.6 Å². The van der Waals surface area contributed by atoms with Gasteiger partial charge in [-0.15, -0.1) is 0 Å². The molecule has 0 saturated heterocycles. The Balaban J connectivity index is 2.25. The van der Waals surface area contributed by atoms with Gasteiger partial charge < -0.3 is 0 Å². The number of ketones is 1. The van der Waals surface area contributed by atoms with Crippen molar-refractivity contribution in [1.82, 2.24) is 0 Å². The van der Waals surface area contributed by atoms with Gasteiger partial charge in [-0.05, 0) is 48.4 Å². The number of carbonyl (C=O) groups is 1. The van der Waals surface area contributed by atoms with E-state index in [0.717, 1.165) is 10.0 Å². The summed E-state index contributed by atoms with van der Waals surface area (Å²) in [5, 5.41) is 0.427. The Morgan fingerprint density at radius 3 is 2.68 bits per heavy atom. The fourth-order valence-electron chi connectivity index (χ4n) is 1.77. The topological polar surface area (TPSA) is 17.1 Å². The van der Waals surface area contributed by atoms with Crippen molar-refractivity contribution in [3.63, 3.8) is 0 Å². The van der Waals surface area contributed by atoms with Crippen LogP contribution in [0.3, 0.4) is 0 Å². The lowest BCUT2D eigenvalue weighted by Gasteiger charge is -2.05. The Kier molecular flexibility index (Phi) is 4.38. The number of aryl methyl sites for hydroxylation is 1. The maximum atomic E-state index is 13.6. The Bertz CT molecular complexity index is 640. The highest BCUT2D eigenvalue weighted by molar-refractivity contribution is 9.10. The summed E-state index contributed by atoms with van der Waals surface area (Å²) in [7, 11) is 0. The van der Waals surface area contributed by atoms with E-state index in [9.17, 15) is 9.18 Å². The van der Waals surface area contributed by atoms with Crippen molar-refractivity contribution >= 4 is 33.3 Å². The van der Waals surface area contributed by atoms with Crippen molar-refractivity contribution < 1.29 is 9.18 Å². The standard InChI is InChI=1S/C15H11BrClFO/c1-9-6-10(2-4-13(9)16)15(19)8-11-7-12(17)3-5-14(11)18/h2-7H,8H2,1H3. The lowest BCUT2D eigenvalue weighted by molar-refractivity contribution is 0.0991. The number of hydrogen-bond acceptors (Lipinski definition) is 1. The summed E-state index contributed by atoms with van der Waals surface area (Å²) >= 11 is 9.19. The van der Waals surface area contributed by atoms with Gasteiger partial charge in [-0.3, -0.25) is 4.79 Å². The first kappa shape index (κ1) is 14.2. The lowest BCUT2D eigenvalue weighted by Crippen LogP contribution is -2.05. The molecule has 0 amide bonds. The molecule has 2 aromatic carbocycles. The third-order valence-electron chi connectivity index (χ3n) is 2.84. The highest BCUT2D eigenvalue weighted by Crippen LogP contribution is 2.20. The summed E-state index contributed by atoms with van der Waals surface area (Å²) in [6, 6.07) is 9.56. The van der Waals surface area contributed by atoms with Gasteiger partial charge in [-0.2, -0.15) is 0 Å². The molecular formula is C15H11BrClFO. The molecule has 0 aliphatic heterocycles. The molecule has 0 heterocycles. The summed E-state index contributed by atoms with van der Waals surface area (Å²) < 4.78 is 14.5. The Morgan fingerprint density at radius 1 is 1.26 bits per heavy atom. The van der Waals surface area contributed by atoms with Crippen LogP contribution in [0.25, 0.3) is 0 Å². The zero-order chi connectivity index (χ0) is 14.0. The number of benzene rings is 2. The maximum Gasteiger partial charge on any atom is 0.167 e. The van der Waals surface area contributed by atoms with E-state index in [1.165, 1.54) is 18.2 Å². The van der Waals surface area contributed by atoms with E-state index in [0.29, 0.717) is 16.1 Å². The molecule has 0 radical (unpaired) electrons. The van der Waals surface area contributed by atoms with E-state index in [-0.39, 0.29) is 12.2 Å². The van der Waals surface area contributed by atoms with Crippen LogP contribution in [0.2, 0.25) is 5.02 Å². The van der Waals surface area contributed by atoms with Crippen LogP contribution in [0.5, 0.6) is 0 Å². The first-order chi connectivity index (χ1) is 8.97. The van der Waals surface area contributed by atoms with Crippen LogP contribution >= 0.6 is 27.5 Å². The molecule has 4 heteroatoms. The smallest absolute Gasteiger partial charge is 0.167 e.